The molecule has 1 N–H and O–H groups in total. The lowest BCUT2D eigenvalue weighted by Gasteiger charge is -2.35. The third-order valence-corrected chi connectivity index (χ3v) is 7.55. The largest absolute Gasteiger partial charge is 0.340 e. The van der Waals surface area contributed by atoms with E-state index in [0.717, 1.165) is 35.4 Å². The average molecular weight is 406 g/mol. The number of pyridine rings is 1. The van der Waals surface area contributed by atoms with Crippen LogP contribution >= 0.6 is 11.3 Å². The fraction of sp³-hybridized carbons (Fsp3) is 0.409. The monoisotopic (exact) mass is 405 g/mol. The molecule has 2 unspecified atom stereocenters. The van der Waals surface area contributed by atoms with Gasteiger partial charge in [-0.25, -0.2) is 4.98 Å². The summed E-state index contributed by atoms with van der Waals surface area (Å²) in [5, 5.41) is 6.80. The van der Waals surface area contributed by atoms with Crippen LogP contribution in [0.5, 0.6) is 0 Å². The molecule has 2 fully saturated rings. The number of fused-ring (bicyclic) bond motifs is 4. The van der Waals surface area contributed by atoms with E-state index in [-0.39, 0.29) is 5.91 Å². The van der Waals surface area contributed by atoms with Gasteiger partial charge < -0.3 is 15.1 Å². The molecule has 2 saturated heterocycles. The summed E-state index contributed by atoms with van der Waals surface area (Å²) in [6.45, 7) is 3.46. The minimum atomic E-state index is 0.0126. The molecular formula is C22H23N5OS. The Bertz CT molecular complexity index is 1080. The van der Waals surface area contributed by atoms with Gasteiger partial charge in [0, 0.05) is 54.6 Å². The lowest BCUT2D eigenvalue weighted by atomic mass is 10.1. The third kappa shape index (κ3) is 2.91. The minimum absolute atomic E-state index is 0.0126. The molecule has 5 heterocycles. The number of hydrogen-bond acceptors (Lipinski definition) is 6. The van der Waals surface area contributed by atoms with Crippen LogP contribution in [0.4, 0.5) is 5.13 Å². The molecular weight excluding hydrogens is 382 g/mol. The number of carbonyl (C=O) groups is 1. The van der Waals surface area contributed by atoms with Gasteiger partial charge in [0.2, 0.25) is 0 Å². The number of aromatic nitrogens is 2. The molecule has 6 rings (SSSR count). The van der Waals surface area contributed by atoms with Crippen LogP contribution in [0, 0.1) is 0 Å². The lowest BCUT2D eigenvalue weighted by Crippen LogP contribution is -2.51. The van der Waals surface area contributed by atoms with Crippen molar-refractivity contribution in [2.45, 2.75) is 37.9 Å². The summed E-state index contributed by atoms with van der Waals surface area (Å²) in [5.74, 6) is 0.0126. The molecule has 1 aromatic carbocycles. The van der Waals surface area contributed by atoms with Gasteiger partial charge in [0.05, 0.1) is 12.2 Å². The standard InChI is InChI=1S/C22H23N5OS/c28-21(19-9-14-3-1-2-4-15(14)10-24-19)26-8-7-18-20(13-26)29-22(25-18)27-16-5-6-17(27)12-23-11-16/h1-4,9-10,16-17,23H,5-8,11-13H2. The Kier molecular flexibility index (Phi) is 4.06. The summed E-state index contributed by atoms with van der Waals surface area (Å²) in [7, 11) is 0. The van der Waals surface area contributed by atoms with Crippen LogP contribution < -0.4 is 10.2 Å². The highest BCUT2D eigenvalue weighted by Crippen LogP contribution is 2.38. The summed E-state index contributed by atoms with van der Waals surface area (Å²) < 4.78 is 0. The fourth-order valence-corrected chi connectivity index (χ4v) is 6.18. The van der Waals surface area contributed by atoms with Gasteiger partial charge in [-0.2, -0.15) is 0 Å². The van der Waals surface area contributed by atoms with Crippen LogP contribution in [-0.4, -0.2) is 52.5 Å². The van der Waals surface area contributed by atoms with E-state index in [1.54, 1.807) is 17.5 Å². The van der Waals surface area contributed by atoms with Crippen molar-refractivity contribution >= 4 is 33.1 Å². The van der Waals surface area contributed by atoms with E-state index >= 15 is 0 Å². The number of thiazole rings is 1. The molecule has 3 aliphatic rings. The van der Waals surface area contributed by atoms with Crippen LogP contribution in [0.1, 0.15) is 33.9 Å². The second-order valence-corrected chi connectivity index (χ2v) is 9.27. The minimum Gasteiger partial charge on any atom is -0.340 e. The first-order valence-corrected chi connectivity index (χ1v) is 11.2. The Balaban J connectivity index is 1.24. The highest BCUT2D eigenvalue weighted by molar-refractivity contribution is 7.15. The van der Waals surface area contributed by atoms with Gasteiger partial charge in [0.1, 0.15) is 5.69 Å². The van der Waals surface area contributed by atoms with E-state index in [2.05, 4.69) is 15.2 Å². The van der Waals surface area contributed by atoms with Crippen LogP contribution in [0.15, 0.2) is 36.5 Å². The number of amides is 1. The number of anilines is 1. The van der Waals surface area contributed by atoms with Crippen molar-refractivity contribution in [3.05, 3.63) is 52.8 Å². The molecule has 0 aliphatic carbocycles. The predicted molar refractivity (Wildman–Crippen MR) is 114 cm³/mol. The fourth-order valence-electron chi connectivity index (χ4n) is 4.92. The Morgan fingerprint density at radius 1 is 1.14 bits per heavy atom. The predicted octanol–water partition coefficient (Wildman–Crippen LogP) is 2.83. The smallest absolute Gasteiger partial charge is 0.272 e. The van der Waals surface area contributed by atoms with Gasteiger partial charge in [-0.15, -0.1) is 0 Å². The molecule has 2 atom stereocenters. The molecule has 0 radical (unpaired) electrons. The maximum atomic E-state index is 13.1. The molecule has 0 spiro atoms. The van der Waals surface area contributed by atoms with E-state index in [1.165, 1.54) is 23.4 Å². The Hall–Kier alpha value is -2.51. The second kappa shape index (κ2) is 6.78. The Labute approximate surface area is 173 Å². The van der Waals surface area contributed by atoms with Crippen LogP contribution in [0.2, 0.25) is 0 Å². The van der Waals surface area contributed by atoms with Gasteiger partial charge in [0.25, 0.3) is 5.91 Å². The summed E-state index contributed by atoms with van der Waals surface area (Å²) >= 11 is 1.78. The van der Waals surface area contributed by atoms with Gasteiger partial charge >= 0.3 is 0 Å². The number of hydrogen-bond donors (Lipinski definition) is 1. The van der Waals surface area contributed by atoms with Crippen molar-refractivity contribution in [1.82, 2.24) is 20.2 Å². The van der Waals surface area contributed by atoms with Crippen molar-refractivity contribution in [3.63, 3.8) is 0 Å². The van der Waals surface area contributed by atoms with Crippen LogP contribution in [0.3, 0.4) is 0 Å². The summed E-state index contributed by atoms with van der Waals surface area (Å²) in [6.07, 6.45) is 5.12. The average Bonchev–Trinajstić information content (AvgIpc) is 3.29. The zero-order valence-electron chi connectivity index (χ0n) is 16.2. The van der Waals surface area contributed by atoms with Gasteiger partial charge in [0.15, 0.2) is 5.13 Å². The Morgan fingerprint density at radius 3 is 2.76 bits per heavy atom. The molecule has 148 valence electrons. The van der Waals surface area contributed by atoms with E-state index < -0.39 is 0 Å². The number of piperazine rings is 1. The molecule has 29 heavy (non-hydrogen) atoms. The van der Waals surface area contributed by atoms with E-state index in [9.17, 15) is 4.79 Å². The second-order valence-electron chi connectivity index (χ2n) is 8.21. The normalized spacial score (nSPS) is 23.4. The maximum absolute atomic E-state index is 13.1. The van der Waals surface area contributed by atoms with Gasteiger partial charge in [-0.3, -0.25) is 9.78 Å². The van der Waals surface area contributed by atoms with Gasteiger partial charge in [-0.05, 0) is 24.3 Å². The molecule has 3 aromatic rings. The topological polar surface area (TPSA) is 61.4 Å². The maximum Gasteiger partial charge on any atom is 0.272 e. The highest BCUT2D eigenvalue weighted by atomic mass is 32.1. The lowest BCUT2D eigenvalue weighted by molar-refractivity contribution is 0.0730. The number of carbonyl (C=O) groups excluding carboxylic acids is 1. The number of nitrogens with zero attached hydrogens (tertiary/aromatic N) is 4. The molecule has 3 aliphatic heterocycles. The van der Waals surface area contributed by atoms with E-state index in [1.807, 2.05) is 35.2 Å². The highest BCUT2D eigenvalue weighted by Gasteiger charge is 2.39. The van der Waals surface area contributed by atoms with Crippen molar-refractivity contribution in [3.8, 4) is 0 Å². The molecule has 6 nitrogen and oxygen atoms in total. The first kappa shape index (κ1) is 17.4. The summed E-state index contributed by atoms with van der Waals surface area (Å²) in [5.41, 5.74) is 1.70. The van der Waals surface area contributed by atoms with Gasteiger partial charge in [-0.1, -0.05) is 35.6 Å². The Morgan fingerprint density at radius 2 is 1.93 bits per heavy atom. The van der Waals surface area contributed by atoms with E-state index in [0.29, 0.717) is 30.9 Å². The molecule has 2 aromatic heterocycles. The molecule has 1 amide bonds. The van der Waals surface area contributed by atoms with E-state index in [4.69, 9.17) is 4.98 Å². The first-order chi connectivity index (χ1) is 14.3. The third-order valence-electron chi connectivity index (χ3n) is 6.46. The zero-order chi connectivity index (χ0) is 19.4. The quantitative estimate of drug-likeness (QED) is 0.710. The van der Waals surface area contributed by atoms with Crippen LogP contribution in [0.25, 0.3) is 10.8 Å². The number of rotatable bonds is 2. The summed E-state index contributed by atoms with van der Waals surface area (Å²) in [6, 6.07) is 11.1. The van der Waals surface area contributed by atoms with Crippen molar-refractivity contribution < 1.29 is 4.79 Å². The molecule has 7 heteroatoms. The first-order valence-electron chi connectivity index (χ1n) is 10.4. The van der Waals surface area contributed by atoms with Crippen molar-refractivity contribution in [1.29, 1.82) is 0 Å². The number of nitrogens with one attached hydrogen (secondary N) is 1. The number of benzene rings is 1. The SMILES string of the molecule is O=C(c1cc2ccccc2cn1)N1CCc2nc(N3C4CCC3CNC4)sc2C1. The molecule has 2 bridgehead atoms. The molecule has 0 saturated carbocycles. The zero-order valence-corrected chi connectivity index (χ0v) is 17.0. The summed E-state index contributed by atoms with van der Waals surface area (Å²) in [4.78, 5) is 28.2. The van der Waals surface area contributed by atoms with Crippen molar-refractivity contribution in [2.75, 3.05) is 24.5 Å². The van der Waals surface area contributed by atoms with Crippen molar-refractivity contribution in [2.24, 2.45) is 0 Å². The van der Waals surface area contributed by atoms with Crippen LogP contribution in [-0.2, 0) is 13.0 Å².